The summed E-state index contributed by atoms with van der Waals surface area (Å²) in [6.45, 7) is 14.2. The molecular weight excluding hydrogens is 275 g/mol. The van der Waals surface area contributed by atoms with E-state index in [-0.39, 0.29) is 0 Å². The maximum atomic E-state index is 2.61. The van der Waals surface area contributed by atoms with Gasteiger partial charge in [-0.2, -0.15) is 0 Å². The summed E-state index contributed by atoms with van der Waals surface area (Å²) in [4.78, 5) is 2.61. The van der Waals surface area contributed by atoms with Crippen molar-refractivity contribution in [2.24, 2.45) is 5.41 Å². The standard InChI is InChI=1S/C10H21IN2/c1-9(10(2,3)4)12-5-7-13(11)8-6-12/h9H,5-8H2,1-4H3. The molecule has 1 aliphatic heterocycles. The van der Waals surface area contributed by atoms with Crippen LogP contribution in [0.4, 0.5) is 0 Å². The van der Waals surface area contributed by atoms with Crippen molar-refractivity contribution < 1.29 is 0 Å². The quantitative estimate of drug-likeness (QED) is 0.541. The number of nitrogens with zero attached hydrogens (tertiary/aromatic N) is 2. The van der Waals surface area contributed by atoms with Crippen LogP contribution in [0.15, 0.2) is 0 Å². The molecule has 0 bridgehead atoms. The van der Waals surface area contributed by atoms with Crippen LogP contribution in [0.2, 0.25) is 0 Å². The van der Waals surface area contributed by atoms with Gasteiger partial charge in [0.1, 0.15) is 0 Å². The second-order valence-corrected chi connectivity index (χ2v) is 6.35. The van der Waals surface area contributed by atoms with Gasteiger partial charge in [-0.1, -0.05) is 20.8 Å². The summed E-state index contributed by atoms with van der Waals surface area (Å²) in [5, 5.41) is 0. The summed E-state index contributed by atoms with van der Waals surface area (Å²) < 4.78 is 2.38. The van der Waals surface area contributed by atoms with Crippen molar-refractivity contribution in [1.82, 2.24) is 8.01 Å². The molecular formula is C10H21IN2. The number of halogens is 1. The van der Waals surface area contributed by atoms with Crippen molar-refractivity contribution in [2.75, 3.05) is 26.2 Å². The average Bonchev–Trinajstić information content (AvgIpc) is 2.03. The Morgan fingerprint density at radius 3 is 1.92 bits per heavy atom. The fraction of sp³-hybridized carbons (Fsp3) is 1.00. The van der Waals surface area contributed by atoms with E-state index in [1.165, 1.54) is 26.2 Å². The summed E-state index contributed by atoms with van der Waals surface area (Å²) >= 11 is 2.42. The average molecular weight is 296 g/mol. The van der Waals surface area contributed by atoms with Gasteiger partial charge in [0.15, 0.2) is 0 Å². The Hall–Kier alpha value is 0.650. The van der Waals surface area contributed by atoms with Crippen molar-refractivity contribution in [3.8, 4) is 0 Å². The molecule has 0 aromatic rings. The van der Waals surface area contributed by atoms with Crippen LogP contribution in [0, 0.1) is 5.41 Å². The monoisotopic (exact) mass is 296 g/mol. The molecule has 0 aromatic carbocycles. The van der Waals surface area contributed by atoms with E-state index in [0.29, 0.717) is 11.5 Å². The summed E-state index contributed by atoms with van der Waals surface area (Å²) in [5.74, 6) is 0. The highest BCUT2D eigenvalue weighted by atomic mass is 127. The molecule has 3 heteroatoms. The SMILES string of the molecule is CC(N1CCN(I)CC1)C(C)(C)C. The summed E-state index contributed by atoms with van der Waals surface area (Å²) in [7, 11) is 0. The second kappa shape index (κ2) is 4.45. The van der Waals surface area contributed by atoms with Gasteiger partial charge in [-0.25, -0.2) is 3.11 Å². The van der Waals surface area contributed by atoms with Gasteiger partial charge in [0.25, 0.3) is 0 Å². The molecule has 0 N–H and O–H groups in total. The van der Waals surface area contributed by atoms with Gasteiger partial charge in [0.05, 0.1) is 0 Å². The van der Waals surface area contributed by atoms with Crippen LogP contribution >= 0.6 is 22.9 Å². The first-order valence-corrected chi connectivity index (χ1v) is 6.02. The number of hydrogen-bond donors (Lipinski definition) is 0. The van der Waals surface area contributed by atoms with Gasteiger partial charge in [0, 0.05) is 55.1 Å². The normalized spacial score (nSPS) is 24.7. The van der Waals surface area contributed by atoms with Crippen LogP contribution < -0.4 is 0 Å². The van der Waals surface area contributed by atoms with Crippen molar-refractivity contribution in [3.63, 3.8) is 0 Å². The molecule has 1 aliphatic rings. The van der Waals surface area contributed by atoms with Crippen LogP contribution in [-0.2, 0) is 0 Å². The first kappa shape index (κ1) is 11.7. The third-order valence-corrected chi connectivity index (χ3v) is 4.03. The largest absolute Gasteiger partial charge is 0.298 e. The molecule has 13 heavy (non-hydrogen) atoms. The van der Waals surface area contributed by atoms with E-state index < -0.39 is 0 Å². The van der Waals surface area contributed by atoms with E-state index in [4.69, 9.17) is 0 Å². The molecule has 0 aromatic heterocycles. The van der Waals surface area contributed by atoms with Gasteiger partial charge in [-0.15, -0.1) is 0 Å². The third kappa shape index (κ3) is 3.36. The van der Waals surface area contributed by atoms with Crippen LogP contribution in [0.1, 0.15) is 27.7 Å². The van der Waals surface area contributed by atoms with E-state index >= 15 is 0 Å². The zero-order valence-electron chi connectivity index (χ0n) is 9.18. The highest BCUT2D eigenvalue weighted by Crippen LogP contribution is 2.25. The lowest BCUT2D eigenvalue weighted by molar-refractivity contribution is 0.0856. The van der Waals surface area contributed by atoms with E-state index in [2.05, 4.69) is 58.6 Å². The molecule has 0 amide bonds. The minimum atomic E-state index is 0.410. The Bertz CT molecular complexity index is 157. The predicted octanol–water partition coefficient (Wildman–Crippen LogP) is 2.39. The Morgan fingerprint density at radius 1 is 1.08 bits per heavy atom. The maximum absolute atomic E-state index is 2.61. The molecule has 1 saturated heterocycles. The molecule has 2 nitrogen and oxygen atoms in total. The van der Waals surface area contributed by atoms with Crippen molar-refractivity contribution in [1.29, 1.82) is 0 Å². The zero-order chi connectivity index (χ0) is 10.1. The van der Waals surface area contributed by atoms with Crippen LogP contribution in [0.3, 0.4) is 0 Å². The van der Waals surface area contributed by atoms with E-state index in [1.54, 1.807) is 0 Å². The summed E-state index contributed by atoms with van der Waals surface area (Å²) in [6, 6.07) is 0.692. The minimum absolute atomic E-state index is 0.410. The molecule has 1 heterocycles. The van der Waals surface area contributed by atoms with Gasteiger partial charge in [-0.05, 0) is 12.3 Å². The van der Waals surface area contributed by atoms with Crippen LogP contribution in [0.25, 0.3) is 0 Å². The second-order valence-electron chi connectivity index (χ2n) is 4.99. The van der Waals surface area contributed by atoms with Gasteiger partial charge in [-0.3, -0.25) is 4.90 Å². The number of piperazine rings is 1. The number of rotatable bonds is 1. The predicted molar refractivity (Wildman–Crippen MR) is 66.1 cm³/mol. The van der Waals surface area contributed by atoms with Crippen molar-refractivity contribution in [3.05, 3.63) is 0 Å². The molecule has 1 rings (SSSR count). The Balaban J connectivity index is 2.45. The van der Waals surface area contributed by atoms with Crippen molar-refractivity contribution in [2.45, 2.75) is 33.7 Å². The lowest BCUT2D eigenvalue weighted by atomic mass is 9.86. The first-order valence-electron chi connectivity index (χ1n) is 5.06. The molecule has 0 aliphatic carbocycles. The van der Waals surface area contributed by atoms with E-state index in [9.17, 15) is 0 Å². The fourth-order valence-electron chi connectivity index (χ4n) is 1.63. The number of hydrogen-bond acceptors (Lipinski definition) is 2. The Morgan fingerprint density at radius 2 is 1.54 bits per heavy atom. The van der Waals surface area contributed by atoms with Crippen LogP contribution in [-0.4, -0.2) is 40.2 Å². The molecule has 0 radical (unpaired) electrons. The Labute approximate surface area is 96.2 Å². The highest BCUT2D eigenvalue weighted by Gasteiger charge is 2.28. The molecule has 1 atom stereocenters. The zero-order valence-corrected chi connectivity index (χ0v) is 11.3. The van der Waals surface area contributed by atoms with Crippen LogP contribution in [0.5, 0.6) is 0 Å². The molecule has 78 valence electrons. The fourth-order valence-corrected chi connectivity index (χ4v) is 2.06. The topological polar surface area (TPSA) is 6.48 Å². The van der Waals surface area contributed by atoms with Gasteiger partial charge < -0.3 is 0 Å². The van der Waals surface area contributed by atoms with Gasteiger partial charge in [0.2, 0.25) is 0 Å². The van der Waals surface area contributed by atoms with Gasteiger partial charge >= 0.3 is 0 Å². The molecule has 0 saturated carbocycles. The molecule has 1 unspecified atom stereocenters. The molecule has 1 fully saturated rings. The maximum Gasteiger partial charge on any atom is 0.0209 e. The third-order valence-electron chi connectivity index (χ3n) is 3.06. The Kier molecular flexibility index (Phi) is 4.01. The van der Waals surface area contributed by atoms with Crippen molar-refractivity contribution >= 4 is 22.9 Å². The molecule has 0 spiro atoms. The lowest BCUT2D eigenvalue weighted by Gasteiger charge is -2.41. The van der Waals surface area contributed by atoms with E-state index in [0.717, 1.165) is 0 Å². The summed E-state index contributed by atoms with van der Waals surface area (Å²) in [6.07, 6.45) is 0. The lowest BCUT2D eigenvalue weighted by Crippen LogP contribution is -2.50. The summed E-state index contributed by atoms with van der Waals surface area (Å²) in [5.41, 5.74) is 0.410. The van der Waals surface area contributed by atoms with E-state index in [1.807, 2.05) is 0 Å². The smallest absolute Gasteiger partial charge is 0.0209 e. The minimum Gasteiger partial charge on any atom is -0.298 e. The highest BCUT2D eigenvalue weighted by molar-refractivity contribution is 14.1. The first-order chi connectivity index (χ1) is 5.91.